The first-order valence-electron chi connectivity index (χ1n) is 12.9. The maximum absolute atomic E-state index is 14.1. The van der Waals surface area contributed by atoms with Crippen LogP contribution in [0.2, 0.25) is 0 Å². The molecule has 11 nitrogen and oxygen atoms in total. The van der Waals surface area contributed by atoms with Crippen LogP contribution in [-0.4, -0.2) is 42.7 Å². The predicted molar refractivity (Wildman–Crippen MR) is 146 cm³/mol. The van der Waals surface area contributed by atoms with Crippen LogP contribution in [0.5, 0.6) is 5.75 Å². The third kappa shape index (κ3) is 4.79. The summed E-state index contributed by atoms with van der Waals surface area (Å²) in [7, 11) is 0. The summed E-state index contributed by atoms with van der Waals surface area (Å²) in [4.78, 5) is 43.1. The van der Waals surface area contributed by atoms with Crippen molar-refractivity contribution in [1.29, 1.82) is 5.26 Å². The summed E-state index contributed by atoms with van der Waals surface area (Å²) in [6, 6.07) is 5.87. The van der Waals surface area contributed by atoms with E-state index in [4.69, 9.17) is 10.00 Å². The van der Waals surface area contributed by atoms with Gasteiger partial charge in [-0.15, -0.1) is 4.80 Å². The Morgan fingerprint density at radius 3 is 2.65 bits per heavy atom. The number of amides is 1. The van der Waals surface area contributed by atoms with Crippen molar-refractivity contribution in [2.24, 2.45) is 0 Å². The van der Waals surface area contributed by atoms with Gasteiger partial charge < -0.3 is 10.1 Å². The average Bonchev–Trinajstić information content (AvgIpc) is 3.53. The first-order chi connectivity index (χ1) is 19.1. The van der Waals surface area contributed by atoms with Gasteiger partial charge in [0, 0.05) is 18.2 Å². The Morgan fingerprint density at radius 2 is 2.00 bits per heavy atom. The molecule has 1 fully saturated rings. The lowest BCUT2D eigenvalue weighted by atomic mass is 9.91. The highest BCUT2D eigenvalue weighted by atomic mass is 32.1. The first kappa shape index (κ1) is 27.3. The summed E-state index contributed by atoms with van der Waals surface area (Å²) in [5, 5.41) is 21.1. The van der Waals surface area contributed by atoms with Gasteiger partial charge in [-0.2, -0.15) is 15.5 Å². The Bertz CT molecular complexity index is 1740. The number of hydrogen-bond acceptors (Lipinski definition) is 8. The molecule has 0 spiro atoms. The van der Waals surface area contributed by atoms with E-state index in [-0.39, 0.29) is 31.0 Å². The van der Waals surface area contributed by atoms with Crippen molar-refractivity contribution in [3.63, 3.8) is 0 Å². The van der Waals surface area contributed by atoms with Crippen LogP contribution in [-0.2, 0) is 23.3 Å². The summed E-state index contributed by atoms with van der Waals surface area (Å²) in [5.74, 6) is -0.583. The molecule has 3 heterocycles. The molecule has 0 atom stereocenters. The monoisotopic (exact) mass is 565 g/mol. The minimum absolute atomic E-state index is 0.0219. The second-order valence-corrected chi connectivity index (χ2v) is 11.2. The van der Waals surface area contributed by atoms with Crippen LogP contribution in [0.15, 0.2) is 40.2 Å². The lowest BCUT2D eigenvalue weighted by Crippen LogP contribution is -2.57. The van der Waals surface area contributed by atoms with E-state index >= 15 is 0 Å². The maximum atomic E-state index is 14.1. The summed E-state index contributed by atoms with van der Waals surface area (Å²) in [5.41, 5.74) is -1.71. The zero-order valence-corrected chi connectivity index (χ0v) is 23.1. The molecule has 4 aromatic rings. The highest BCUT2D eigenvalue weighted by Gasteiger charge is 2.37. The molecule has 1 amide bonds. The number of thiophene rings is 1. The van der Waals surface area contributed by atoms with Gasteiger partial charge in [-0.05, 0) is 70.2 Å². The zero-order chi connectivity index (χ0) is 28.6. The van der Waals surface area contributed by atoms with E-state index in [2.05, 4.69) is 15.5 Å². The van der Waals surface area contributed by atoms with Gasteiger partial charge in [0.2, 0.25) is 5.91 Å². The van der Waals surface area contributed by atoms with Gasteiger partial charge in [0.25, 0.3) is 5.56 Å². The van der Waals surface area contributed by atoms with Gasteiger partial charge in [-0.3, -0.25) is 14.2 Å². The fourth-order valence-electron chi connectivity index (χ4n) is 4.78. The summed E-state index contributed by atoms with van der Waals surface area (Å²) >= 11 is 1.18. The van der Waals surface area contributed by atoms with Crippen molar-refractivity contribution >= 4 is 27.5 Å². The van der Waals surface area contributed by atoms with Crippen LogP contribution >= 0.6 is 11.3 Å². The molecule has 0 radical (unpaired) electrons. The molecule has 0 unspecified atom stereocenters. The largest absolute Gasteiger partial charge is 0.478 e. The molecule has 1 aliphatic carbocycles. The fraction of sp³-hybridized carbons (Fsp3) is 0.407. The summed E-state index contributed by atoms with van der Waals surface area (Å²) in [6.45, 7) is 4.69. The van der Waals surface area contributed by atoms with Crippen LogP contribution in [0, 0.1) is 24.1 Å². The number of hydrogen-bond donors (Lipinski definition) is 1. The molecule has 1 saturated carbocycles. The average molecular weight is 566 g/mol. The SMILES string of the molecule is Cc1c(-n2nccn2)sc2c1c(=O)n(C(C)(C)C(=O)NC1CCC1)c(=O)n2CCc1cc(F)ccc1OCC#N. The van der Waals surface area contributed by atoms with E-state index in [1.165, 1.54) is 51.3 Å². The van der Waals surface area contributed by atoms with E-state index in [9.17, 15) is 18.8 Å². The number of benzene rings is 1. The standard InChI is InChI=1S/C27H28FN7O4S/c1-16-21-22(36)34(27(2,3)25(37)32-19-5-4-6-19)26(38)33(24(21)40-23(16)35-30-11-12-31-35)13-9-17-15-18(28)7-8-20(17)39-14-10-29/h7-8,11-12,15,19H,4-6,9,13-14H2,1-3H3,(H,32,37). The van der Waals surface area contributed by atoms with Crippen molar-refractivity contribution in [2.75, 3.05) is 6.61 Å². The minimum Gasteiger partial charge on any atom is -0.478 e. The quantitative estimate of drug-likeness (QED) is 0.330. The molecule has 0 bridgehead atoms. The number of carbonyl (C=O) groups excluding carboxylic acids is 1. The Morgan fingerprint density at radius 1 is 1.27 bits per heavy atom. The van der Waals surface area contributed by atoms with Crippen LogP contribution < -0.4 is 21.3 Å². The predicted octanol–water partition coefficient (Wildman–Crippen LogP) is 2.80. The Kier molecular flexibility index (Phi) is 7.29. The molecule has 0 aliphatic heterocycles. The van der Waals surface area contributed by atoms with Crippen LogP contribution in [0.1, 0.15) is 44.2 Å². The highest BCUT2D eigenvalue weighted by molar-refractivity contribution is 7.21. The molecular weight excluding hydrogens is 537 g/mol. The molecule has 40 heavy (non-hydrogen) atoms. The van der Waals surface area contributed by atoms with Crippen molar-refractivity contribution in [3.05, 3.63) is 68.4 Å². The van der Waals surface area contributed by atoms with E-state index in [0.29, 0.717) is 26.7 Å². The van der Waals surface area contributed by atoms with Crippen molar-refractivity contribution in [2.45, 2.75) is 64.6 Å². The minimum atomic E-state index is -1.49. The third-order valence-electron chi connectivity index (χ3n) is 7.26. The van der Waals surface area contributed by atoms with E-state index in [1.54, 1.807) is 20.8 Å². The number of rotatable bonds is 9. The van der Waals surface area contributed by atoms with Gasteiger partial charge >= 0.3 is 5.69 Å². The first-order valence-corrected chi connectivity index (χ1v) is 13.7. The number of carbonyl (C=O) groups is 1. The third-order valence-corrected chi connectivity index (χ3v) is 8.54. The highest BCUT2D eigenvalue weighted by Crippen LogP contribution is 2.31. The van der Waals surface area contributed by atoms with Gasteiger partial charge in [0.1, 0.15) is 33.0 Å². The lowest BCUT2D eigenvalue weighted by molar-refractivity contribution is -0.130. The van der Waals surface area contributed by atoms with Crippen LogP contribution in [0.3, 0.4) is 0 Å². The molecule has 1 N–H and O–H groups in total. The van der Waals surface area contributed by atoms with Crippen molar-refractivity contribution < 1.29 is 13.9 Å². The molecule has 208 valence electrons. The number of aryl methyl sites for hydroxylation is 3. The Labute approximate surface area is 232 Å². The second-order valence-electron chi connectivity index (χ2n) is 10.2. The summed E-state index contributed by atoms with van der Waals surface area (Å²) < 4.78 is 22.0. The van der Waals surface area contributed by atoms with Crippen molar-refractivity contribution in [3.8, 4) is 16.8 Å². The molecule has 0 saturated heterocycles. The number of nitrogens with zero attached hydrogens (tertiary/aromatic N) is 6. The molecular formula is C27H28FN7O4S. The van der Waals surface area contributed by atoms with E-state index in [1.807, 2.05) is 6.07 Å². The maximum Gasteiger partial charge on any atom is 0.333 e. The lowest BCUT2D eigenvalue weighted by Gasteiger charge is -2.32. The zero-order valence-electron chi connectivity index (χ0n) is 22.3. The molecule has 1 aromatic carbocycles. The van der Waals surface area contributed by atoms with Crippen LogP contribution in [0.4, 0.5) is 4.39 Å². The number of nitrogens with one attached hydrogen (secondary N) is 1. The number of aromatic nitrogens is 5. The number of nitriles is 1. The summed E-state index contributed by atoms with van der Waals surface area (Å²) in [6.07, 6.45) is 5.91. The van der Waals surface area contributed by atoms with Gasteiger partial charge in [0.05, 0.1) is 17.8 Å². The van der Waals surface area contributed by atoms with Gasteiger partial charge in [-0.1, -0.05) is 11.3 Å². The second kappa shape index (κ2) is 10.7. The number of ether oxygens (including phenoxy) is 1. The fourth-order valence-corrected chi connectivity index (χ4v) is 6.02. The van der Waals surface area contributed by atoms with Gasteiger partial charge in [-0.25, -0.2) is 13.8 Å². The molecule has 5 rings (SSSR count). The Hall–Kier alpha value is -4.31. The van der Waals surface area contributed by atoms with Crippen molar-refractivity contribution in [1.82, 2.24) is 29.4 Å². The Balaban J connectivity index is 1.66. The van der Waals surface area contributed by atoms with Gasteiger partial charge in [0.15, 0.2) is 6.61 Å². The topological polar surface area (TPSA) is 137 Å². The number of fused-ring (bicyclic) bond motifs is 1. The molecule has 13 heteroatoms. The molecule has 1 aliphatic rings. The molecule has 3 aromatic heterocycles. The number of halogens is 1. The van der Waals surface area contributed by atoms with E-state index < -0.39 is 28.5 Å². The van der Waals surface area contributed by atoms with Crippen LogP contribution in [0.25, 0.3) is 15.2 Å². The normalized spacial score (nSPS) is 13.7. The smallest absolute Gasteiger partial charge is 0.333 e. The van der Waals surface area contributed by atoms with E-state index in [0.717, 1.165) is 23.8 Å².